The van der Waals surface area contributed by atoms with Gasteiger partial charge in [0.1, 0.15) is 11.3 Å². The molecule has 1 atom stereocenters. The molecule has 3 rings (SSSR count). The summed E-state index contributed by atoms with van der Waals surface area (Å²) in [5.41, 5.74) is 4.04. The maximum atomic E-state index is 6.44. The van der Waals surface area contributed by atoms with Gasteiger partial charge in [-0.25, -0.2) is 9.97 Å². The van der Waals surface area contributed by atoms with Gasteiger partial charge in [0.2, 0.25) is 5.95 Å². The van der Waals surface area contributed by atoms with E-state index in [1.165, 1.54) is 0 Å². The van der Waals surface area contributed by atoms with Gasteiger partial charge in [-0.15, -0.1) is 0 Å². The third-order valence-electron chi connectivity index (χ3n) is 5.03. The number of halogens is 1. The molecule has 150 valence electrons. The fourth-order valence-electron chi connectivity index (χ4n) is 3.40. The minimum Gasteiger partial charge on any atom is -0.488 e. The van der Waals surface area contributed by atoms with Crippen LogP contribution in [0.4, 0.5) is 0 Å². The Balaban J connectivity index is 2.09. The van der Waals surface area contributed by atoms with E-state index in [4.69, 9.17) is 14.7 Å². The molecule has 6 heteroatoms. The van der Waals surface area contributed by atoms with Crippen LogP contribution in [0.1, 0.15) is 36.8 Å². The molecule has 2 heterocycles. The zero-order chi connectivity index (χ0) is 20.4. The summed E-state index contributed by atoms with van der Waals surface area (Å²) in [5.74, 6) is 1.50. The van der Waals surface area contributed by atoms with Crippen LogP contribution in [0.25, 0.3) is 16.9 Å². The fourth-order valence-corrected chi connectivity index (χ4v) is 3.84. The van der Waals surface area contributed by atoms with E-state index < -0.39 is 0 Å². The average molecular weight is 445 g/mol. The van der Waals surface area contributed by atoms with Crippen LogP contribution in [0.15, 0.2) is 28.7 Å². The second-order valence-electron chi connectivity index (χ2n) is 7.60. The number of hydrogen-bond donors (Lipinski definition) is 0. The van der Waals surface area contributed by atoms with Gasteiger partial charge in [-0.3, -0.25) is 4.57 Å². The van der Waals surface area contributed by atoms with Gasteiger partial charge in [0.15, 0.2) is 0 Å². The van der Waals surface area contributed by atoms with Crippen LogP contribution in [0.5, 0.6) is 5.75 Å². The molecule has 0 spiro atoms. The van der Waals surface area contributed by atoms with E-state index >= 15 is 0 Å². The molecule has 2 aromatic heterocycles. The van der Waals surface area contributed by atoms with E-state index in [9.17, 15) is 0 Å². The van der Waals surface area contributed by atoms with Gasteiger partial charge in [0.05, 0.1) is 11.8 Å². The molecule has 0 saturated carbocycles. The van der Waals surface area contributed by atoms with Gasteiger partial charge < -0.3 is 9.64 Å². The number of rotatable bonds is 7. The highest BCUT2D eigenvalue weighted by molar-refractivity contribution is 9.10. The van der Waals surface area contributed by atoms with Crippen molar-refractivity contribution in [3.05, 3.63) is 45.8 Å². The molecule has 0 aliphatic heterocycles. The minimum absolute atomic E-state index is 0.147. The van der Waals surface area contributed by atoms with Crippen LogP contribution in [0, 0.1) is 20.8 Å². The molecule has 3 aromatic rings. The first-order valence-electron chi connectivity index (χ1n) is 9.74. The summed E-state index contributed by atoms with van der Waals surface area (Å²) in [5, 5.41) is 1.01. The predicted molar refractivity (Wildman–Crippen MR) is 119 cm³/mol. The van der Waals surface area contributed by atoms with Crippen molar-refractivity contribution in [3.8, 4) is 11.7 Å². The van der Waals surface area contributed by atoms with Crippen molar-refractivity contribution < 1.29 is 4.74 Å². The molecule has 5 nitrogen and oxygen atoms in total. The summed E-state index contributed by atoms with van der Waals surface area (Å²) in [4.78, 5) is 11.9. The molecule has 0 aliphatic rings. The fraction of sp³-hybridized carbons (Fsp3) is 0.455. The quantitative estimate of drug-likeness (QED) is 0.500. The molecule has 0 amide bonds. The van der Waals surface area contributed by atoms with Gasteiger partial charge in [-0.1, -0.05) is 22.9 Å². The molecule has 0 bridgehead atoms. The number of aromatic nitrogens is 3. The van der Waals surface area contributed by atoms with Gasteiger partial charge in [-0.05, 0) is 72.0 Å². The normalized spacial score (nSPS) is 12.7. The van der Waals surface area contributed by atoms with E-state index in [0.717, 1.165) is 57.6 Å². The number of fused-ring (bicyclic) bond motifs is 1. The first kappa shape index (κ1) is 20.8. The number of aryl methyl sites for hydroxylation is 3. The van der Waals surface area contributed by atoms with E-state index in [-0.39, 0.29) is 6.10 Å². The summed E-state index contributed by atoms with van der Waals surface area (Å²) >= 11 is 3.62. The second kappa shape index (κ2) is 8.62. The highest BCUT2D eigenvalue weighted by Gasteiger charge is 2.17. The SMILES string of the molecule is CCC(CCN(C)C)Oc1cc(Br)cc2c(C)nc(-n3c(C)ccc3C)nc12. The molecular formula is C22H29BrN4O. The minimum atomic E-state index is 0.147. The van der Waals surface area contributed by atoms with Gasteiger partial charge in [0.25, 0.3) is 0 Å². The summed E-state index contributed by atoms with van der Waals surface area (Å²) < 4.78 is 9.50. The smallest absolute Gasteiger partial charge is 0.235 e. The first-order chi connectivity index (χ1) is 13.3. The Morgan fingerprint density at radius 2 is 1.79 bits per heavy atom. The number of ether oxygens (including phenoxy) is 1. The molecule has 1 aromatic carbocycles. The zero-order valence-corrected chi connectivity index (χ0v) is 19.2. The maximum absolute atomic E-state index is 6.44. The Hall–Kier alpha value is -1.92. The number of hydrogen-bond acceptors (Lipinski definition) is 4. The van der Waals surface area contributed by atoms with Crippen LogP contribution >= 0.6 is 15.9 Å². The third kappa shape index (κ3) is 4.39. The molecule has 28 heavy (non-hydrogen) atoms. The van der Waals surface area contributed by atoms with Crippen molar-refractivity contribution in [1.29, 1.82) is 0 Å². The Labute approximate surface area is 175 Å². The van der Waals surface area contributed by atoms with Crippen molar-refractivity contribution in [1.82, 2.24) is 19.4 Å². The lowest BCUT2D eigenvalue weighted by molar-refractivity contribution is 0.174. The van der Waals surface area contributed by atoms with Crippen molar-refractivity contribution in [2.24, 2.45) is 0 Å². The number of benzene rings is 1. The van der Waals surface area contributed by atoms with E-state index in [1.807, 2.05) is 13.0 Å². The van der Waals surface area contributed by atoms with Gasteiger partial charge in [0, 0.05) is 27.8 Å². The molecule has 0 fully saturated rings. The van der Waals surface area contributed by atoms with Crippen LogP contribution in [0.2, 0.25) is 0 Å². The van der Waals surface area contributed by atoms with Gasteiger partial charge in [-0.2, -0.15) is 0 Å². The Bertz CT molecular complexity index is 961. The molecular weight excluding hydrogens is 416 g/mol. The second-order valence-corrected chi connectivity index (χ2v) is 8.52. The third-order valence-corrected chi connectivity index (χ3v) is 5.49. The summed E-state index contributed by atoms with van der Waals surface area (Å²) in [6.07, 6.45) is 2.08. The number of nitrogens with zero attached hydrogens (tertiary/aromatic N) is 4. The van der Waals surface area contributed by atoms with E-state index in [2.05, 4.69) is 78.5 Å². The van der Waals surface area contributed by atoms with Crippen molar-refractivity contribution in [3.63, 3.8) is 0 Å². The monoisotopic (exact) mass is 444 g/mol. The van der Waals surface area contributed by atoms with Crippen LogP contribution in [-0.2, 0) is 0 Å². The summed E-state index contributed by atoms with van der Waals surface area (Å²) in [7, 11) is 4.18. The van der Waals surface area contributed by atoms with Crippen LogP contribution in [0.3, 0.4) is 0 Å². The largest absolute Gasteiger partial charge is 0.488 e. The Morgan fingerprint density at radius 1 is 1.11 bits per heavy atom. The predicted octanol–water partition coefficient (Wildman–Crippen LogP) is 5.22. The molecule has 0 saturated heterocycles. The van der Waals surface area contributed by atoms with Crippen molar-refractivity contribution in [2.45, 2.75) is 46.6 Å². The maximum Gasteiger partial charge on any atom is 0.235 e. The lowest BCUT2D eigenvalue weighted by Gasteiger charge is -2.21. The molecule has 0 aliphatic carbocycles. The first-order valence-corrected chi connectivity index (χ1v) is 10.5. The Kier molecular flexibility index (Phi) is 6.40. The standard InChI is InChI=1S/C22H29BrN4O/c1-7-18(10-11-26(5)6)28-20-13-17(23)12-19-16(4)24-22(25-21(19)20)27-14(2)8-9-15(27)3/h8-9,12-13,18H,7,10-11H2,1-6H3. The lowest BCUT2D eigenvalue weighted by atomic mass is 10.1. The van der Waals surface area contributed by atoms with Crippen molar-refractivity contribution in [2.75, 3.05) is 20.6 Å². The zero-order valence-electron chi connectivity index (χ0n) is 17.6. The van der Waals surface area contributed by atoms with E-state index in [0.29, 0.717) is 5.95 Å². The summed E-state index contributed by atoms with van der Waals surface area (Å²) in [6.45, 7) is 9.33. The Morgan fingerprint density at radius 3 is 2.39 bits per heavy atom. The molecule has 0 radical (unpaired) electrons. The van der Waals surface area contributed by atoms with Gasteiger partial charge >= 0.3 is 0 Å². The highest BCUT2D eigenvalue weighted by Crippen LogP contribution is 2.32. The highest BCUT2D eigenvalue weighted by atomic mass is 79.9. The molecule has 1 unspecified atom stereocenters. The van der Waals surface area contributed by atoms with Crippen LogP contribution in [-0.4, -0.2) is 46.2 Å². The summed E-state index contributed by atoms with van der Waals surface area (Å²) in [6, 6.07) is 8.26. The topological polar surface area (TPSA) is 43.2 Å². The molecule has 0 N–H and O–H groups in total. The lowest BCUT2D eigenvalue weighted by Crippen LogP contribution is -2.23. The van der Waals surface area contributed by atoms with Crippen molar-refractivity contribution >= 4 is 26.8 Å². The van der Waals surface area contributed by atoms with Crippen LogP contribution < -0.4 is 4.74 Å². The van der Waals surface area contributed by atoms with E-state index in [1.54, 1.807) is 0 Å². The average Bonchev–Trinajstić information content (AvgIpc) is 2.97.